The Morgan fingerprint density at radius 3 is 2.76 bits per heavy atom. The van der Waals surface area contributed by atoms with Gasteiger partial charge in [-0.15, -0.1) is 5.06 Å². The Morgan fingerprint density at radius 2 is 2.29 bits per heavy atom. The van der Waals surface area contributed by atoms with Gasteiger partial charge in [-0.05, 0) is 0 Å². The highest BCUT2D eigenvalue weighted by molar-refractivity contribution is 7.94. The topological polar surface area (TPSA) is 101 Å². The van der Waals surface area contributed by atoms with Crippen molar-refractivity contribution < 1.29 is 28.0 Å². The van der Waals surface area contributed by atoms with Gasteiger partial charge in [-0.3, -0.25) is 4.79 Å². The van der Waals surface area contributed by atoms with Crippen molar-refractivity contribution in [1.82, 2.24) is 5.06 Å². The van der Waals surface area contributed by atoms with Crippen LogP contribution in [-0.4, -0.2) is 42.4 Å². The number of nitrogens with zero attached hydrogens (tertiary/aromatic N) is 1. The van der Waals surface area contributed by atoms with Gasteiger partial charge in [-0.25, -0.2) is 13.2 Å². The van der Waals surface area contributed by atoms with E-state index >= 15 is 0 Å². The van der Waals surface area contributed by atoms with Crippen LogP contribution in [0, 0.1) is 0 Å². The lowest BCUT2D eigenvalue weighted by molar-refractivity contribution is -0.220. The summed E-state index contributed by atoms with van der Waals surface area (Å²) in [4.78, 5) is 26.9. The van der Waals surface area contributed by atoms with E-state index in [0.717, 1.165) is 5.41 Å². The molecule has 0 spiro atoms. The number of hydrogen-bond donors (Lipinski definition) is 1. The maximum Gasteiger partial charge on any atom is 0.333 e. The summed E-state index contributed by atoms with van der Waals surface area (Å²) in [7, 11) is -3.48. The molecule has 1 fully saturated rings. The van der Waals surface area contributed by atoms with Crippen LogP contribution in [0.1, 0.15) is 19.3 Å². The van der Waals surface area contributed by atoms with E-state index < -0.39 is 40.1 Å². The molecule has 7 nitrogen and oxygen atoms in total. The Morgan fingerprint density at radius 1 is 1.65 bits per heavy atom. The van der Waals surface area contributed by atoms with Crippen LogP contribution >= 0.6 is 0 Å². The average molecular weight is 263 g/mol. The van der Waals surface area contributed by atoms with E-state index in [2.05, 4.69) is 11.4 Å². The van der Waals surface area contributed by atoms with Gasteiger partial charge in [0.1, 0.15) is 0 Å². The molecular weight excluding hydrogens is 250 g/mol. The van der Waals surface area contributed by atoms with E-state index in [4.69, 9.17) is 0 Å². The van der Waals surface area contributed by atoms with Crippen LogP contribution in [0.25, 0.3) is 0 Å². The highest BCUT2D eigenvalue weighted by Gasteiger charge is 2.32. The lowest BCUT2D eigenvalue weighted by Gasteiger charge is -2.18. The van der Waals surface area contributed by atoms with Crippen LogP contribution in [0.3, 0.4) is 0 Å². The minimum atomic E-state index is -3.48. The molecule has 1 N–H and O–H groups in total. The number of rotatable bonds is 5. The molecule has 17 heavy (non-hydrogen) atoms. The molecule has 8 heteroatoms. The fraction of sp³-hybridized carbons (Fsp3) is 0.556. The zero-order chi connectivity index (χ0) is 13.1. The van der Waals surface area contributed by atoms with Gasteiger partial charge in [0.15, 0.2) is 16.1 Å². The summed E-state index contributed by atoms with van der Waals surface area (Å²) in [5, 5.41) is 10.6. The second-order valence-electron chi connectivity index (χ2n) is 3.49. The molecular formula is C9H13NO6S. The summed E-state index contributed by atoms with van der Waals surface area (Å²) >= 11 is 0. The van der Waals surface area contributed by atoms with Crippen molar-refractivity contribution in [3.63, 3.8) is 0 Å². The number of hydroxylamine groups is 2. The number of aliphatic hydroxyl groups is 1. The summed E-state index contributed by atoms with van der Waals surface area (Å²) in [6.07, 6.45) is -1.26. The van der Waals surface area contributed by atoms with Crippen LogP contribution in [0.15, 0.2) is 12.0 Å². The molecule has 1 saturated heterocycles. The summed E-state index contributed by atoms with van der Waals surface area (Å²) in [5.74, 6) is -1.82. The third kappa shape index (κ3) is 3.82. The molecule has 1 atom stereocenters. The largest absolute Gasteiger partial charge is 0.370 e. The van der Waals surface area contributed by atoms with Gasteiger partial charge in [0.25, 0.3) is 5.91 Å². The van der Waals surface area contributed by atoms with Gasteiger partial charge < -0.3 is 9.94 Å². The molecule has 0 aromatic rings. The molecule has 1 unspecified atom stereocenters. The van der Waals surface area contributed by atoms with Crippen molar-refractivity contribution in [2.45, 2.75) is 25.5 Å². The van der Waals surface area contributed by atoms with E-state index in [0.29, 0.717) is 5.06 Å². The van der Waals surface area contributed by atoms with E-state index in [9.17, 15) is 23.1 Å². The molecule has 0 radical (unpaired) electrons. The second kappa shape index (κ2) is 5.28. The molecule has 0 bridgehead atoms. The van der Waals surface area contributed by atoms with Crippen molar-refractivity contribution in [2.24, 2.45) is 0 Å². The maximum absolute atomic E-state index is 11.2. The lowest BCUT2D eigenvalue weighted by atomic mass is 10.4. The quantitative estimate of drug-likeness (QED) is 0.706. The number of hydrogen-bond acceptors (Lipinski definition) is 6. The Labute approximate surface area is 98.5 Å². The fourth-order valence-electron chi connectivity index (χ4n) is 1.22. The predicted octanol–water partition coefficient (Wildman–Crippen LogP) is -0.666. The SMILES string of the molecule is C=CS(=O)(=O)CCC(=O)ON1C(=O)CCC1O. The van der Waals surface area contributed by atoms with E-state index in [1.54, 1.807) is 0 Å². The van der Waals surface area contributed by atoms with Crippen molar-refractivity contribution in [3.05, 3.63) is 12.0 Å². The first-order chi connectivity index (χ1) is 7.85. The molecule has 0 aliphatic carbocycles. The van der Waals surface area contributed by atoms with Crippen molar-refractivity contribution in [2.75, 3.05) is 5.75 Å². The molecule has 1 heterocycles. The molecule has 1 amide bonds. The number of carbonyl (C=O) groups excluding carboxylic acids is 2. The predicted molar refractivity (Wildman–Crippen MR) is 56.8 cm³/mol. The van der Waals surface area contributed by atoms with Gasteiger partial charge in [0.2, 0.25) is 0 Å². The lowest BCUT2D eigenvalue weighted by Crippen LogP contribution is -2.35. The number of aliphatic hydroxyl groups excluding tert-OH is 1. The Hall–Kier alpha value is -1.41. The molecule has 0 aromatic heterocycles. The van der Waals surface area contributed by atoms with Crippen LogP contribution < -0.4 is 0 Å². The van der Waals surface area contributed by atoms with E-state index in [1.807, 2.05) is 0 Å². The van der Waals surface area contributed by atoms with E-state index in [1.165, 1.54) is 0 Å². The van der Waals surface area contributed by atoms with Gasteiger partial charge in [0, 0.05) is 18.2 Å². The minimum Gasteiger partial charge on any atom is -0.370 e. The normalized spacial score (nSPS) is 20.4. The van der Waals surface area contributed by atoms with Gasteiger partial charge in [-0.2, -0.15) is 0 Å². The smallest absolute Gasteiger partial charge is 0.333 e. The third-order valence-corrected chi connectivity index (χ3v) is 3.46. The average Bonchev–Trinajstić information content (AvgIpc) is 2.58. The Bertz CT molecular complexity index is 429. The van der Waals surface area contributed by atoms with Crippen LogP contribution in [0.4, 0.5) is 0 Å². The first kappa shape index (κ1) is 13.7. The zero-order valence-corrected chi connectivity index (χ0v) is 9.85. The van der Waals surface area contributed by atoms with Crippen molar-refractivity contribution in [1.29, 1.82) is 0 Å². The molecule has 1 aliphatic rings. The molecule has 0 saturated carbocycles. The minimum absolute atomic E-state index is 0.0966. The van der Waals surface area contributed by atoms with E-state index in [-0.39, 0.29) is 12.8 Å². The summed E-state index contributed by atoms with van der Waals surface area (Å²) in [6.45, 7) is 3.09. The van der Waals surface area contributed by atoms with Gasteiger partial charge >= 0.3 is 5.97 Å². The number of carbonyl (C=O) groups is 2. The summed E-state index contributed by atoms with van der Waals surface area (Å²) in [5.41, 5.74) is 0. The first-order valence-electron chi connectivity index (χ1n) is 4.92. The Balaban J connectivity index is 2.45. The highest BCUT2D eigenvalue weighted by atomic mass is 32.2. The summed E-state index contributed by atoms with van der Waals surface area (Å²) in [6, 6.07) is 0. The standard InChI is InChI=1S/C9H13NO6S/c1-2-17(14,15)6-5-9(13)16-10-7(11)3-4-8(10)12/h2,7,11H,1,3-6H2. The van der Waals surface area contributed by atoms with Crippen LogP contribution in [-0.2, 0) is 24.3 Å². The van der Waals surface area contributed by atoms with Crippen molar-refractivity contribution in [3.8, 4) is 0 Å². The third-order valence-electron chi connectivity index (χ3n) is 2.18. The molecule has 1 rings (SSSR count). The van der Waals surface area contributed by atoms with Crippen LogP contribution in [0.2, 0.25) is 0 Å². The Kier molecular flexibility index (Phi) is 4.24. The van der Waals surface area contributed by atoms with Gasteiger partial charge in [-0.1, -0.05) is 6.58 Å². The molecule has 0 aromatic carbocycles. The monoisotopic (exact) mass is 263 g/mol. The van der Waals surface area contributed by atoms with Crippen LogP contribution in [0.5, 0.6) is 0 Å². The van der Waals surface area contributed by atoms with Crippen molar-refractivity contribution >= 4 is 21.7 Å². The summed E-state index contributed by atoms with van der Waals surface area (Å²) < 4.78 is 22.0. The van der Waals surface area contributed by atoms with Gasteiger partial charge in [0.05, 0.1) is 12.2 Å². The molecule has 1 aliphatic heterocycles. The zero-order valence-electron chi connectivity index (χ0n) is 9.03. The second-order valence-corrected chi connectivity index (χ2v) is 5.55. The number of amides is 1. The molecule has 96 valence electrons. The highest BCUT2D eigenvalue weighted by Crippen LogP contribution is 2.17. The number of sulfone groups is 1. The maximum atomic E-state index is 11.2. The fourth-order valence-corrected chi connectivity index (χ4v) is 1.84. The first-order valence-corrected chi connectivity index (χ1v) is 6.63.